The molecule has 5 nitrogen and oxygen atoms in total. The van der Waals surface area contributed by atoms with E-state index in [1.807, 2.05) is 41.8 Å². The lowest BCUT2D eigenvalue weighted by Gasteiger charge is -2.03. The van der Waals surface area contributed by atoms with Crippen molar-refractivity contribution in [1.29, 1.82) is 0 Å². The minimum absolute atomic E-state index is 0.154. The molecule has 0 atom stereocenters. The summed E-state index contributed by atoms with van der Waals surface area (Å²) < 4.78 is 10.2. The van der Waals surface area contributed by atoms with E-state index in [9.17, 15) is 4.79 Å². The van der Waals surface area contributed by atoms with Gasteiger partial charge in [0.1, 0.15) is 11.4 Å². The zero-order chi connectivity index (χ0) is 15.4. The van der Waals surface area contributed by atoms with Crippen LogP contribution in [0.4, 0.5) is 5.88 Å². The Labute approximate surface area is 131 Å². The molecule has 0 fully saturated rings. The summed E-state index contributed by atoms with van der Waals surface area (Å²) >= 11 is 1.57. The first-order valence-corrected chi connectivity index (χ1v) is 7.56. The zero-order valence-electron chi connectivity index (χ0n) is 11.9. The Balaban J connectivity index is 1.61. The number of methoxy groups -OCH3 is 1. The summed E-state index contributed by atoms with van der Waals surface area (Å²) in [6.45, 7) is 0. The third-order valence-electron chi connectivity index (χ3n) is 3.07. The first-order valence-electron chi connectivity index (χ1n) is 6.68. The number of nitrogens with one attached hydrogen (secondary N) is 1. The van der Waals surface area contributed by atoms with Gasteiger partial charge in [-0.3, -0.25) is 10.1 Å². The average molecular weight is 314 g/mol. The quantitative estimate of drug-likeness (QED) is 0.781. The molecule has 0 bridgehead atoms. The SMILES string of the molecule is COc1ccc(CC(=O)Nc2cc(-c3cccs3)no2)cc1. The molecule has 1 aromatic carbocycles. The molecule has 112 valence electrons. The Bertz CT molecular complexity index is 748. The molecule has 3 aromatic rings. The lowest BCUT2D eigenvalue weighted by Crippen LogP contribution is -2.13. The molecule has 22 heavy (non-hydrogen) atoms. The van der Waals surface area contributed by atoms with E-state index in [4.69, 9.17) is 9.26 Å². The fourth-order valence-electron chi connectivity index (χ4n) is 1.98. The highest BCUT2D eigenvalue weighted by molar-refractivity contribution is 7.13. The number of thiophene rings is 1. The molecule has 0 saturated carbocycles. The molecule has 1 amide bonds. The Kier molecular flexibility index (Phi) is 4.20. The van der Waals surface area contributed by atoms with Crippen molar-refractivity contribution in [3.05, 3.63) is 53.4 Å². The molecular formula is C16H14N2O3S. The van der Waals surface area contributed by atoms with Gasteiger partial charge in [-0.05, 0) is 29.1 Å². The van der Waals surface area contributed by atoms with Crippen molar-refractivity contribution in [2.75, 3.05) is 12.4 Å². The van der Waals surface area contributed by atoms with Crippen LogP contribution >= 0.6 is 11.3 Å². The maximum atomic E-state index is 12.0. The summed E-state index contributed by atoms with van der Waals surface area (Å²) in [4.78, 5) is 13.0. The molecule has 0 saturated heterocycles. The topological polar surface area (TPSA) is 64.4 Å². The fourth-order valence-corrected chi connectivity index (χ4v) is 2.66. The standard InChI is InChI=1S/C16H14N2O3S/c1-20-12-6-4-11(5-7-12)9-15(19)17-16-10-13(18-21-16)14-3-2-8-22-14/h2-8,10H,9H2,1H3,(H,17,19). The molecule has 2 heterocycles. The molecule has 0 radical (unpaired) electrons. The van der Waals surface area contributed by atoms with E-state index in [0.717, 1.165) is 21.9 Å². The second-order valence-electron chi connectivity index (χ2n) is 4.63. The Morgan fingerprint density at radius 3 is 2.82 bits per heavy atom. The summed E-state index contributed by atoms with van der Waals surface area (Å²) in [5.74, 6) is 0.959. The monoisotopic (exact) mass is 314 g/mol. The highest BCUT2D eigenvalue weighted by Crippen LogP contribution is 2.25. The second kappa shape index (κ2) is 6.44. The van der Waals surface area contributed by atoms with Crippen molar-refractivity contribution in [1.82, 2.24) is 5.16 Å². The van der Waals surface area contributed by atoms with Crippen LogP contribution in [0.5, 0.6) is 5.75 Å². The number of carbonyl (C=O) groups is 1. The number of anilines is 1. The van der Waals surface area contributed by atoms with Crippen LogP contribution in [0.2, 0.25) is 0 Å². The fraction of sp³-hybridized carbons (Fsp3) is 0.125. The van der Waals surface area contributed by atoms with E-state index in [1.54, 1.807) is 24.5 Å². The number of ether oxygens (including phenoxy) is 1. The Morgan fingerprint density at radius 2 is 2.14 bits per heavy atom. The van der Waals surface area contributed by atoms with Gasteiger partial charge in [0.05, 0.1) is 18.4 Å². The highest BCUT2D eigenvalue weighted by Gasteiger charge is 2.10. The highest BCUT2D eigenvalue weighted by atomic mass is 32.1. The van der Waals surface area contributed by atoms with E-state index in [-0.39, 0.29) is 12.3 Å². The molecule has 0 aliphatic heterocycles. The maximum absolute atomic E-state index is 12.0. The van der Waals surface area contributed by atoms with Gasteiger partial charge in [0.15, 0.2) is 0 Å². The van der Waals surface area contributed by atoms with Crippen LogP contribution in [-0.2, 0) is 11.2 Å². The number of nitrogens with zero attached hydrogens (tertiary/aromatic N) is 1. The van der Waals surface area contributed by atoms with E-state index in [1.165, 1.54) is 0 Å². The van der Waals surface area contributed by atoms with Crippen LogP contribution in [0.15, 0.2) is 52.4 Å². The Hall–Kier alpha value is -2.60. The van der Waals surface area contributed by atoms with Crippen LogP contribution in [0.1, 0.15) is 5.56 Å². The van der Waals surface area contributed by atoms with Crippen molar-refractivity contribution < 1.29 is 14.1 Å². The van der Waals surface area contributed by atoms with Gasteiger partial charge in [-0.15, -0.1) is 11.3 Å². The molecule has 0 unspecified atom stereocenters. The van der Waals surface area contributed by atoms with Crippen LogP contribution in [0.3, 0.4) is 0 Å². The number of benzene rings is 1. The van der Waals surface area contributed by atoms with Crippen LogP contribution in [0.25, 0.3) is 10.6 Å². The van der Waals surface area contributed by atoms with Gasteiger partial charge < -0.3 is 9.26 Å². The molecule has 0 spiro atoms. The second-order valence-corrected chi connectivity index (χ2v) is 5.57. The molecule has 0 aliphatic carbocycles. The van der Waals surface area contributed by atoms with Gasteiger partial charge in [-0.2, -0.15) is 0 Å². The lowest BCUT2D eigenvalue weighted by atomic mass is 10.1. The first-order chi connectivity index (χ1) is 10.7. The normalized spacial score (nSPS) is 10.4. The van der Waals surface area contributed by atoms with Crippen molar-refractivity contribution in [2.24, 2.45) is 0 Å². The van der Waals surface area contributed by atoms with E-state index in [0.29, 0.717) is 5.88 Å². The number of hydrogen-bond donors (Lipinski definition) is 1. The number of carbonyl (C=O) groups excluding carboxylic acids is 1. The minimum atomic E-state index is -0.154. The molecule has 3 rings (SSSR count). The summed E-state index contributed by atoms with van der Waals surface area (Å²) in [5, 5.41) is 8.62. The average Bonchev–Trinajstić information content (AvgIpc) is 3.19. The van der Waals surface area contributed by atoms with Crippen LogP contribution in [-0.4, -0.2) is 18.2 Å². The molecule has 6 heteroatoms. The van der Waals surface area contributed by atoms with Crippen LogP contribution in [0, 0.1) is 0 Å². The van der Waals surface area contributed by atoms with Crippen LogP contribution < -0.4 is 10.1 Å². The zero-order valence-corrected chi connectivity index (χ0v) is 12.7. The number of rotatable bonds is 5. The third kappa shape index (κ3) is 3.35. The molecule has 2 aromatic heterocycles. The largest absolute Gasteiger partial charge is 0.497 e. The van der Waals surface area contributed by atoms with E-state index in [2.05, 4.69) is 10.5 Å². The molecule has 0 aliphatic rings. The number of amides is 1. The number of aromatic nitrogens is 1. The minimum Gasteiger partial charge on any atom is -0.497 e. The third-order valence-corrected chi connectivity index (χ3v) is 3.96. The maximum Gasteiger partial charge on any atom is 0.231 e. The lowest BCUT2D eigenvalue weighted by molar-refractivity contribution is -0.115. The van der Waals surface area contributed by atoms with Gasteiger partial charge in [0.2, 0.25) is 11.8 Å². The van der Waals surface area contributed by atoms with E-state index >= 15 is 0 Å². The van der Waals surface area contributed by atoms with Crippen molar-refractivity contribution in [3.63, 3.8) is 0 Å². The molecule has 1 N–H and O–H groups in total. The van der Waals surface area contributed by atoms with Crippen molar-refractivity contribution in [2.45, 2.75) is 6.42 Å². The smallest absolute Gasteiger partial charge is 0.231 e. The van der Waals surface area contributed by atoms with Gasteiger partial charge in [-0.25, -0.2) is 0 Å². The summed E-state index contributed by atoms with van der Waals surface area (Å²) in [5.41, 5.74) is 1.62. The summed E-state index contributed by atoms with van der Waals surface area (Å²) in [6, 6.07) is 13.0. The van der Waals surface area contributed by atoms with Gasteiger partial charge in [-0.1, -0.05) is 23.4 Å². The predicted molar refractivity (Wildman–Crippen MR) is 85.1 cm³/mol. The summed E-state index contributed by atoms with van der Waals surface area (Å²) in [6.07, 6.45) is 0.263. The van der Waals surface area contributed by atoms with Crippen molar-refractivity contribution >= 4 is 23.1 Å². The molecular weight excluding hydrogens is 300 g/mol. The van der Waals surface area contributed by atoms with Gasteiger partial charge >= 0.3 is 0 Å². The first kappa shape index (κ1) is 14.3. The Morgan fingerprint density at radius 1 is 1.32 bits per heavy atom. The van der Waals surface area contributed by atoms with Gasteiger partial charge in [0.25, 0.3) is 0 Å². The van der Waals surface area contributed by atoms with E-state index < -0.39 is 0 Å². The van der Waals surface area contributed by atoms with Crippen molar-refractivity contribution in [3.8, 4) is 16.3 Å². The van der Waals surface area contributed by atoms with Gasteiger partial charge in [0, 0.05) is 6.07 Å². The summed E-state index contributed by atoms with van der Waals surface area (Å²) in [7, 11) is 1.61. The predicted octanol–water partition coefficient (Wildman–Crippen LogP) is 3.59. The number of hydrogen-bond acceptors (Lipinski definition) is 5.